The van der Waals surface area contributed by atoms with Crippen LogP contribution in [0.1, 0.15) is 25.1 Å². The van der Waals surface area contributed by atoms with Crippen LogP contribution >= 0.6 is 0 Å². The molecule has 0 spiro atoms. The molecule has 1 aliphatic heterocycles. The van der Waals surface area contributed by atoms with Crippen LogP contribution in [0.5, 0.6) is 0 Å². The Morgan fingerprint density at radius 1 is 1.40 bits per heavy atom. The van der Waals surface area contributed by atoms with Gasteiger partial charge in [-0.3, -0.25) is 4.79 Å². The zero-order chi connectivity index (χ0) is 10.3. The van der Waals surface area contributed by atoms with E-state index in [1.807, 2.05) is 9.58 Å². The number of hydrogen-bond donors (Lipinski definition) is 0. The van der Waals surface area contributed by atoms with E-state index in [0.717, 1.165) is 31.8 Å². The number of rotatable bonds is 1. The summed E-state index contributed by atoms with van der Waals surface area (Å²) in [6.07, 6.45) is 4.91. The number of fused-ring (bicyclic) bond motifs is 1. The molecule has 1 saturated carbocycles. The van der Waals surface area contributed by atoms with Crippen LogP contribution in [0.15, 0.2) is 6.33 Å². The number of amides is 1. The molecule has 0 N–H and O–H groups in total. The van der Waals surface area contributed by atoms with Gasteiger partial charge in [-0.2, -0.15) is 5.10 Å². The van der Waals surface area contributed by atoms with E-state index in [0.29, 0.717) is 18.4 Å². The summed E-state index contributed by atoms with van der Waals surface area (Å²) < 4.78 is 1.88. The average Bonchev–Trinajstić information content (AvgIpc) is 2.61. The second-order valence-electron chi connectivity index (χ2n) is 4.29. The van der Waals surface area contributed by atoms with Gasteiger partial charge in [-0.15, -0.1) is 0 Å². The molecule has 0 unspecified atom stereocenters. The Hall–Kier alpha value is -1.39. The molecule has 1 fully saturated rings. The van der Waals surface area contributed by atoms with Crippen LogP contribution < -0.4 is 0 Å². The fraction of sp³-hybridized carbons (Fsp3) is 0.700. The Morgan fingerprint density at radius 3 is 3.00 bits per heavy atom. The molecule has 3 rings (SSSR count). The second kappa shape index (κ2) is 3.32. The zero-order valence-electron chi connectivity index (χ0n) is 8.59. The Balaban J connectivity index is 1.72. The first-order valence-corrected chi connectivity index (χ1v) is 5.50. The molecule has 5 nitrogen and oxygen atoms in total. The van der Waals surface area contributed by atoms with Crippen molar-refractivity contribution < 1.29 is 4.79 Å². The predicted octanol–water partition coefficient (Wildman–Crippen LogP) is 0.420. The first kappa shape index (κ1) is 8.88. The number of aromatic nitrogens is 3. The molecule has 1 aliphatic carbocycles. The molecule has 5 heteroatoms. The minimum atomic E-state index is 0.291. The summed E-state index contributed by atoms with van der Waals surface area (Å²) in [4.78, 5) is 18.1. The molecule has 1 amide bonds. The Kier molecular flexibility index (Phi) is 1.97. The summed E-state index contributed by atoms with van der Waals surface area (Å²) in [6.45, 7) is 2.20. The molecule has 15 heavy (non-hydrogen) atoms. The lowest BCUT2D eigenvalue weighted by Crippen LogP contribution is -2.43. The molecule has 1 aromatic rings. The van der Waals surface area contributed by atoms with Crippen LogP contribution in [0, 0.1) is 5.92 Å². The van der Waals surface area contributed by atoms with Crippen LogP contribution in [0.2, 0.25) is 0 Å². The average molecular weight is 206 g/mol. The van der Waals surface area contributed by atoms with Crippen molar-refractivity contribution in [2.24, 2.45) is 5.92 Å². The Morgan fingerprint density at radius 2 is 2.27 bits per heavy atom. The molecule has 1 aromatic heterocycles. The smallest absolute Gasteiger partial charge is 0.226 e. The minimum Gasteiger partial charge on any atom is -0.333 e. The third-order valence-corrected chi connectivity index (χ3v) is 3.38. The van der Waals surface area contributed by atoms with Gasteiger partial charge in [0.05, 0.1) is 13.1 Å². The van der Waals surface area contributed by atoms with E-state index in [1.54, 1.807) is 6.33 Å². The van der Waals surface area contributed by atoms with Crippen LogP contribution in [0.4, 0.5) is 0 Å². The molecule has 2 heterocycles. The quantitative estimate of drug-likeness (QED) is 0.669. The maximum absolute atomic E-state index is 12.0. The highest BCUT2D eigenvalue weighted by Crippen LogP contribution is 2.29. The van der Waals surface area contributed by atoms with Gasteiger partial charge in [0, 0.05) is 12.5 Å². The van der Waals surface area contributed by atoms with Crippen LogP contribution in [0.25, 0.3) is 0 Å². The van der Waals surface area contributed by atoms with Crippen molar-refractivity contribution >= 4 is 5.91 Å². The molecule has 0 radical (unpaired) electrons. The molecule has 80 valence electrons. The van der Waals surface area contributed by atoms with E-state index >= 15 is 0 Å². The Labute approximate surface area is 88.1 Å². The topological polar surface area (TPSA) is 51.0 Å². The van der Waals surface area contributed by atoms with Gasteiger partial charge in [0.25, 0.3) is 0 Å². The molecule has 0 saturated heterocycles. The van der Waals surface area contributed by atoms with E-state index in [9.17, 15) is 4.79 Å². The van der Waals surface area contributed by atoms with E-state index in [2.05, 4.69) is 10.1 Å². The van der Waals surface area contributed by atoms with Crippen molar-refractivity contribution in [2.75, 3.05) is 6.54 Å². The summed E-state index contributed by atoms with van der Waals surface area (Å²) in [5, 5.41) is 4.10. The first-order valence-electron chi connectivity index (χ1n) is 5.50. The molecule has 0 atom stereocenters. The van der Waals surface area contributed by atoms with Gasteiger partial charge in [-0.05, 0) is 12.8 Å². The maximum atomic E-state index is 12.0. The highest BCUT2D eigenvalue weighted by Gasteiger charge is 2.31. The third kappa shape index (κ3) is 1.42. The highest BCUT2D eigenvalue weighted by molar-refractivity contribution is 5.79. The van der Waals surface area contributed by atoms with E-state index in [4.69, 9.17) is 0 Å². The van der Waals surface area contributed by atoms with E-state index < -0.39 is 0 Å². The molecule has 0 bridgehead atoms. The lowest BCUT2D eigenvalue weighted by molar-refractivity contribution is -0.139. The summed E-state index contributed by atoms with van der Waals surface area (Å²) in [7, 11) is 0. The molecular weight excluding hydrogens is 192 g/mol. The number of hydrogen-bond acceptors (Lipinski definition) is 3. The fourth-order valence-electron chi connectivity index (χ4n) is 2.16. The standard InChI is InChI=1S/C10H14N4O/c15-10(8-2-1-3-8)13-4-5-14-9(6-13)11-7-12-14/h7-8H,1-6H2. The fourth-order valence-corrected chi connectivity index (χ4v) is 2.16. The molecular formula is C10H14N4O. The van der Waals surface area contributed by atoms with Gasteiger partial charge in [0.15, 0.2) is 0 Å². The summed E-state index contributed by atoms with van der Waals surface area (Å²) in [5.41, 5.74) is 0. The Bertz CT molecular complexity index is 383. The largest absolute Gasteiger partial charge is 0.333 e. The van der Waals surface area contributed by atoms with Gasteiger partial charge in [-0.25, -0.2) is 9.67 Å². The first-order chi connectivity index (χ1) is 7.34. The zero-order valence-corrected chi connectivity index (χ0v) is 8.59. The van der Waals surface area contributed by atoms with Gasteiger partial charge in [0.1, 0.15) is 12.2 Å². The van der Waals surface area contributed by atoms with Gasteiger partial charge in [-0.1, -0.05) is 6.42 Å². The van der Waals surface area contributed by atoms with Gasteiger partial charge in [0.2, 0.25) is 5.91 Å². The minimum absolute atomic E-state index is 0.291. The summed E-state index contributed by atoms with van der Waals surface area (Å²) >= 11 is 0. The number of carbonyl (C=O) groups is 1. The normalized spacial score (nSPS) is 20.9. The van der Waals surface area contributed by atoms with Crippen molar-refractivity contribution in [3.63, 3.8) is 0 Å². The lowest BCUT2D eigenvalue weighted by Gasteiger charge is -2.33. The van der Waals surface area contributed by atoms with Gasteiger partial charge < -0.3 is 4.90 Å². The van der Waals surface area contributed by atoms with Crippen molar-refractivity contribution in [2.45, 2.75) is 32.4 Å². The SMILES string of the molecule is O=C(C1CCC1)N1CCn2ncnc2C1. The number of carbonyl (C=O) groups excluding carboxylic acids is 1. The maximum Gasteiger partial charge on any atom is 0.226 e. The van der Waals surface area contributed by atoms with Crippen LogP contribution in [0.3, 0.4) is 0 Å². The monoisotopic (exact) mass is 206 g/mol. The van der Waals surface area contributed by atoms with Crippen molar-refractivity contribution in [1.29, 1.82) is 0 Å². The van der Waals surface area contributed by atoms with Crippen LogP contribution in [-0.2, 0) is 17.9 Å². The number of nitrogens with zero attached hydrogens (tertiary/aromatic N) is 4. The van der Waals surface area contributed by atoms with E-state index in [1.165, 1.54) is 6.42 Å². The lowest BCUT2D eigenvalue weighted by atomic mass is 9.84. The molecule has 0 aromatic carbocycles. The summed E-state index contributed by atoms with van der Waals surface area (Å²) in [6, 6.07) is 0. The summed E-state index contributed by atoms with van der Waals surface area (Å²) in [5.74, 6) is 1.52. The van der Waals surface area contributed by atoms with Crippen molar-refractivity contribution in [3.05, 3.63) is 12.2 Å². The van der Waals surface area contributed by atoms with Gasteiger partial charge >= 0.3 is 0 Å². The van der Waals surface area contributed by atoms with Crippen LogP contribution in [-0.4, -0.2) is 32.1 Å². The third-order valence-electron chi connectivity index (χ3n) is 3.38. The van der Waals surface area contributed by atoms with E-state index in [-0.39, 0.29) is 0 Å². The second-order valence-corrected chi connectivity index (χ2v) is 4.29. The molecule has 2 aliphatic rings. The van der Waals surface area contributed by atoms with Crippen molar-refractivity contribution in [1.82, 2.24) is 19.7 Å². The highest BCUT2D eigenvalue weighted by atomic mass is 16.2. The predicted molar refractivity (Wildman–Crippen MR) is 52.8 cm³/mol. The van der Waals surface area contributed by atoms with Crippen molar-refractivity contribution in [3.8, 4) is 0 Å².